The summed E-state index contributed by atoms with van der Waals surface area (Å²) >= 11 is 0. The predicted molar refractivity (Wildman–Crippen MR) is 241 cm³/mol. The summed E-state index contributed by atoms with van der Waals surface area (Å²) in [5.41, 5.74) is 15.5. The predicted octanol–water partition coefficient (Wildman–Crippen LogP) is 15.4. The summed E-state index contributed by atoms with van der Waals surface area (Å²) in [5, 5.41) is 4.79. The van der Waals surface area contributed by atoms with E-state index in [4.69, 9.17) is 0 Å². The molecule has 1 atom stereocenters. The summed E-state index contributed by atoms with van der Waals surface area (Å²) in [7, 11) is 0. The lowest BCUT2D eigenvalue weighted by molar-refractivity contribution is 0.855. The number of hydrogen-bond acceptors (Lipinski definition) is 2. The maximum absolute atomic E-state index is 2.48. The first-order valence-corrected chi connectivity index (χ1v) is 19.7. The standard InChI is InChI=1S/C54H46N2/c1-37-15-25-45(26-16-37)55(46-27-17-38(2)18-28-46)53-49-33-23-44(42-13-9-6-10-14-42)36-52(49)54(50-34-24-43(35-51(50)53)41-11-7-5-8-12-41)56(47-29-19-39(3)20-30-47)48-31-21-40(4)22-32-48/h5-13,15-36,42H,14H2,1-4H3. The van der Waals surface area contributed by atoms with Crippen molar-refractivity contribution in [3.8, 4) is 11.1 Å². The van der Waals surface area contributed by atoms with E-state index in [2.05, 4.69) is 226 Å². The van der Waals surface area contributed by atoms with Gasteiger partial charge in [-0.25, -0.2) is 0 Å². The summed E-state index contributed by atoms with van der Waals surface area (Å²) in [5.74, 6) is 0.300. The summed E-state index contributed by atoms with van der Waals surface area (Å²) in [6.45, 7) is 8.64. The Balaban J connectivity index is 1.46. The van der Waals surface area contributed by atoms with Crippen molar-refractivity contribution in [3.05, 3.63) is 216 Å². The molecule has 272 valence electrons. The van der Waals surface area contributed by atoms with Gasteiger partial charge in [0.2, 0.25) is 0 Å². The van der Waals surface area contributed by atoms with Crippen molar-refractivity contribution in [1.82, 2.24) is 0 Å². The van der Waals surface area contributed by atoms with Crippen LogP contribution in [0.1, 0.15) is 40.2 Å². The average molecular weight is 723 g/mol. The monoisotopic (exact) mass is 722 g/mol. The first-order chi connectivity index (χ1) is 27.4. The van der Waals surface area contributed by atoms with Gasteiger partial charge < -0.3 is 9.80 Å². The fourth-order valence-corrected chi connectivity index (χ4v) is 8.14. The van der Waals surface area contributed by atoms with Crippen LogP contribution in [0.4, 0.5) is 34.1 Å². The van der Waals surface area contributed by atoms with Crippen molar-refractivity contribution in [1.29, 1.82) is 0 Å². The highest BCUT2D eigenvalue weighted by Gasteiger charge is 2.27. The van der Waals surface area contributed by atoms with E-state index >= 15 is 0 Å². The van der Waals surface area contributed by atoms with E-state index in [9.17, 15) is 0 Å². The van der Waals surface area contributed by atoms with E-state index in [-0.39, 0.29) is 0 Å². The second-order valence-electron chi connectivity index (χ2n) is 15.3. The molecule has 0 saturated heterocycles. The van der Waals surface area contributed by atoms with Gasteiger partial charge in [0.05, 0.1) is 11.4 Å². The average Bonchev–Trinajstić information content (AvgIpc) is 3.24. The van der Waals surface area contributed by atoms with Crippen LogP contribution in [0.2, 0.25) is 0 Å². The topological polar surface area (TPSA) is 6.48 Å². The Morgan fingerprint density at radius 2 is 0.839 bits per heavy atom. The van der Waals surface area contributed by atoms with Crippen LogP contribution in [0, 0.1) is 27.7 Å². The number of allylic oxidation sites excluding steroid dienone is 4. The Morgan fingerprint density at radius 1 is 0.393 bits per heavy atom. The van der Waals surface area contributed by atoms with Crippen LogP contribution in [-0.4, -0.2) is 0 Å². The van der Waals surface area contributed by atoms with E-state index in [1.165, 1.54) is 71.9 Å². The van der Waals surface area contributed by atoms with Crippen LogP contribution in [0.15, 0.2) is 188 Å². The number of fused-ring (bicyclic) bond motifs is 2. The Morgan fingerprint density at radius 3 is 1.29 bits per heavy atom. The number of rotatable bonds is 8. The molecule has 1 unspecified atom stereocenters. The first-order valence-electron chi connectivity index (χ1n) is 19.7. The molecular weight excluding hydrogens is 677 g/mol. The molecule has 0 aromatic heterocycles. The van der Waals surface area contributed by atoms with Crippen molar-refractivity contribution in [3.63, 3.8) is 0 Å². The molecule has 0 N–H and O–H groups in total. The zero-order valence-corrected chi connectivity index (χ0v) is 32.6. The molecule has 0 aliphatic heterocycles. The highest BCUT2D eigenvalue weighted by Crippen LogP contribution is 2.52. The van der Waals surface area contributed by atoms with Gasteiger partial charge >= 0.3 is 0 Å². The molecule has 2 heteroatoms. The molecular formula is C54H46N2. The zero-order valence-electron chi connectivity index (χ0n) is 32.6. The molecule has 8 aromatic carbocycles. The summed E-state index contributed by atoms with van der Waals surface area (Å²) in [6.07, 6.45) is 9.97. The van der Waals surface area contributed by atoms with Crippen LogP contribution in [0.3, 0.4) is 0 Å². The number of hydrogen-bond donors (Lipinski definition) is 0. The third kappa shape index (κ3) is 6.69. The zero-order chi connectivity index (χ0) is 38.2. The molecule has 0 heterocycles. The minimum Gasteiger partial charge on any atom is -0.309 e. The van der Waals surface area contributed by atoms with Crippen molar-refractivity contribution >= 4 is 55.7 Å². The van der Waals surface area contributed by atoms with Crippen LogP contribution in [0.5, 0.6) is 0 Å². The SMILES string of the molecule is Cc1ccc(N(c2ccc(C)cc2)c2c3ccc(C4C=CC=CC4)cc3c(N(c3ccc(C)cc3)c3ccc(C)cc3)c3ccc(-c4ccccc4)cc23)cc1. The molecule has 0 amide bonds. The van der Waals surface area contributed by atoms with Gasteiger partial charge in [0.15, 0.2) is 0 Å². The number of anilines is 6. The molecule has 9 rings (SSSR count). The van der Waals surface area contributed by atoms with Gasteiger partial charge in [0, 0.05) is 50.2 Å². The van der Waals surface area contributed by atoms with E-state index in [0.29, 0.717) is 5.92 Å². The molecule has 0 fully saturated rings. The van der Waals surface area contributed by atoms with E-state index in [0.717, 1.165) is 29.2 Å². The lowest BCUT2D eigenvalue weighted by atomic mass is 9.88. The van der Waals surface area contributed by atoms with Crippen LogP contribution in [-0.2, 0) is 0 Å². The van der Waals surface area contributed by atoms with Crippen molar-refractivity contribution in [2.24, 2.45) is 0 Å². The highest BCUT2D eigenvalue weighted by atomic mass is 15.2. The van der Waals surface area contributed by atoms with Gasteiger partial charge in [-0.3, -0.25) is 0 Å². The minimum atomic E-state index is 0.300. The van der Waals surface area contributed by atoms with E-state index < -0.39 is 0 Å². The molecule has 2 nitrogen and oxygen atoms in total. The van der Waals surface area contributed by atoms with Crippen LogP contribution >= 0.6 is 0 Å². The number of aryl methyl sites for hydroxylation is 4. The Labute approximate surface area is 331 Å². The highest BCUT2D eigenvalue weighted by molar-refractivity contribution is 6.24. The molecule has 56 heavy (non-hydrogen) atoms. The van der Waals surface area contributed by atoms with Gasteiger partial charge in [-0.05, 0) is 111 Å². The van der Waals surface area contributed by atoms with Gasteiger partial charge in [0.1, 0.15) is 0 Å². The molecule has 0 bridgehead atoms. The smallest absolute Gasteiger partial charge is 0.0620 e. The van der Waals surface area contributed by atoms with Crippen LogP contribution < -0.4 is 9.80 Å². The molecule has 0 spiro atoms. The van der Waals surface area contributed by atoms with Gasteiger partial charge in [-0.15, -0.1) is 0 Å². The summed E-state index contributed by atoms with van der Waals surface area (Å²) in [6, 6.07) is 61.0. The van der Waals surface area contributed by atoms with Gasteiger partial charge in [0.25, 0.3) is 0 Å². The maximum atomic E-state index is 2.48. The maximum Gasteiger partial charge on any atom is 0.0620 e. The van der Waals surface area contributed by atoms with Crippen molar-refractivity contribution in [2.75, 3.05) is 9.80 Å². The molecule has 1 aliphatic rings. The number of benzene rings is 8. The van der Waals surface area contributed by atoms with Gasteiger partial charge in [-0.2, -0.15) is 0 Å². The van der Waals surface area contributed by atoms with E-state index in [1.54, 1.807) is 0 Å². The fourth-order valence-electron chi connectivity index (χ4n) is 8.14. The van der Waals surface area contributed by atoms with Gasteiger partial charge in [-0.1, -0.05) is 150 Å². The molecule has 8 aromatic rings. The van der Waals surface area contributed by atoms with Crippen molar-refractivity contribution < 1.29 is 0 Å². The number of nitrogens with zero attached hydrogens (tertiary/aromatic N) is 2. The molecule has 0 saturated carbocycles. The van der Waals surface area contributed by atoms with E-state index in [1.807, 2.05) is 0 Å². The third-order valence-corrected chi connectivity index (χ3v) is 11.2. The Hall–Kier alpha value is -6.64. The normalized spacial score (nSPS) is 13.7. The second kappa shape index (κ2) is 14.9. The first kappa shape index (κ1) is 35.1. The summed E-state index contributed by atoms with van der Waals surface area (Å²) in [4.78, 5) is 4.96. The Bertz CT molecular complexity index is 2630. The largest absolute Gasteiger partial charge is 0.309 e. The second-order valence-corrected chi connectivity index (χ2v) is 15.3. The quantitative estimate of drug-likeness (QED) is 0.114. The lowest BCUT2D eigenvalue weighted by Gasteiger charge is -2.33. The fraction of sp³-hybridized carbons (Fsp3) is 0.111. The molecule has 1 aliphatic carbocycles. The molecule has 0 radical (unpaired) electrons. The Kier molecular flexibility index (Phi) is 9.33. The van der Waals surface area contributed by atoms with Crippen molar-refractivity contribution in [2.45, 2.75) is 40.0 Å². The van der Waals surface area contributed by atoms with Crippen LogP contribution in [0.25, 0.3) is 32.7 Å². The third-order valence-electron chi connectivity index (χ3n) is 11.2. The lowest BCUT2D eigenvalue weighted by Crippen LogP contribution is -2.15. The minimum absolute atomic E-state index is 0.300. The summed E-state index contributed by atoms with van der Waals surface area (Å²) < 4.78 is 0.